The van der Waals surface area contributed by atoms with Gasteiger partial charge in [-0.25, -0.2) is 9.18 Å². The van der Waals surface area contributed by atoms with Crippen molar-refractivity contribution in [2.45, 2.75) is 24.9 Å². The molecule has 3 heterocycles. The Morgan fingerprint density at radius 3 is 2.35 bits per heavy atom. The number of urea groups is 1. The number of likely N-dealkylation sites (tertiary alicyclic amines) is 2. The smallest absolute Gasteiger partial charge is 0.320 e. The third-order valence-corrected chi connectivity index (χ3v) is 6.44. The highest BCUT2D eigenvalue weighted by Gasteiger charge is 2.40. The highest BCUT2D eigenvalue weighted by atomic mass is 19.1. The molecule has 162 valence electrons. The summed E-state index contributed by atoms with van der Waals surface area (Å²) >= 11 is 0. The number of nitrogens with zero attached hydrogens (tertiary/aromatic N) is 2. The van der Waals surface area contributed by atoms with Crippen LogP contribution in [0.2, 0.25) is 0 Å². The van der Waals surface area contributed by atoms with E-state index >= 15 is 0 Å². The summed E-state index contributed by atoms with van der Waals surface area (Å²) in [4.78, 5) is 28.3. The van der Waals surface area contributed by atoms with Gasteiger partial charge in [0.1, 0.15) is 23.9 Å². The van der Waals surface area contributed by atoms with Crippen LogP contribution in [0.25, 0.3) is 0 Å². The first kappa shape index (κ1) is 20.0. The highest BCUT2D eigenvalue weighted by molar-refractivity contribution is 5.81. The number of hydrogen-bond donors (Lipinski definition) is 0. The van der Waals surface area contributed by atoms with Gasteiger partial charge in [-0.1, -0.05) is 12.1 Å². The highest BCUT2D eigenvalue weighted by Crippen LogP contribution is 2.32. The first-order chi connectivity index (χ1) is 15.0. The van der Waals surface area contributed by atoms with Crippen molar-refractivity contribution in [3.63, 3.8) is 0 Å². The van der Waals surface area contributed by atoms with Gasteiger partial charge in [0.25, 0.3) is 0 Å². The zero-order valence-corrected chi connectivity index (χ0v) is 17.2. The van der Waals surface area contributed by atoms with Gasteiger partial charge in [-0.15, -0.1) is 0 Å². The maximum atomic E-state index is 13.0. The molecule has 2 aromatic rings. The number of fused-ring (bicyclic) bond motifs is 1. The molecule has 0 spiro atoms. The van der Waals surface area contributed by atoms with E-state index in [9.17, 15) is 14.0 Å². The quantitative estimate of drug-likeness (QED) is 0.752. The number of ether oxygens (including phenoxy) is 2. The average Bonchev–Trinajstić information content (AvgIpc) is 2.75. The molecule has 7 heteroatoms. The molecular weight excluding hydrogens is 399 g/mol. The number of rotatable bonds is 3. The first-order valence-corrected chi connectivity index (χ1v) is 10.8. The second kappa shape index (κ2) is 8.30. The van der Waals surface area contributed by atoms with Crippen molar-refractivity contribution < 1.29 is 23.5 Å². The largest absolute Gasteiger partial charge is 0.457 e. The number of benzene rings is 2. The van der Waals surface area contributed by atoms with Crippen molar-refractivity contribution in [3.05, 3.63) is 59.9 Å². The van der Waals surface area contributed by atoms with Crippen LogP contribution in [0, 0.1) is 11.7 Å². The summed E-state index contributed by atoms with van der Waals surface area (Å²) in [6.45, 7) is 2.89. The van der Waals surface area contributed by atoms with Gasteiger partial charge in [-0.2, -0.15) is 0 Å². The van der Waals surface area contributed by atoms with Crippen LogP contribution >= 0.6 is 0 Å². The zero-order valence-electron chi connectivity index (χ0n) is 17.2. The number of piperidine rings is 1. The molecule has 3 saturated heterocycles. The predicted molar refractivity (Wildman–Crippen MR) is 112 cm³/mol. The fourth-order valence-electron chi connectivity index (χ4n) is 4.64. The van der Waals surface area contributed by atoms with Crippen LogP contribution in [-0.2, 0) is 9.53 Å². The van der Waals surface area contributed by atoms with E-state index in [-0.39, 0.29) is 36.3 Å². The Hall–Kier alpha value is -2.93. The molecule has 0 aliphatic carbocycles. The van der Waals surface area contributed by atoms with Gasteiger partial charge < -0.3 is 19.3 Å². The molecule has 6 nitrogen and oxygen atoms in total. The minimum Gasteiger partial charge on any atom is -0.457 e. The topological polar surface area (TPSA) is 59.1 Å². The summed E-state index contributed by atoms with van der Waals surface area (Å²) in [5.74, 6) is 1.55. The molecule has 3 aliphatic rings. The Bertz CT molecular complexity index is 957. The third-order valence-electron chi connectivity index (χ3n) is 6.44. The van der Waals surface area contributed by atoms with Crippen LogP contribution in [0.1, 0.15) is 24.3 Å². The van der Waals surface area contributed by atoms with Gasteiger partial charge in [0.2, 0.25) is 0 Å². The number of carbonyl (C=O) groups excluding carboxylic acids is 2. The molecule has 5 rings (SSSR count). The SMILES string of the molecule is O=C1CO[C@H]2CCN(C(=O)N3CC(c4ccc(Oc5ccc(F)cc5)cc4)C3)C[C@H]2C1. The maximum Gasteiger partial charge on any atom is 0.320 e. The zero-order chi connectivity index (χ0) is 21.4. The van der Waals surface area contributed by atoms with E-state index in [4.69, 9.17) is 9.47 Å². The van der Waals surface area contributed by atoms with Crippen LogP contribution < -0.4 is 4.74 Å². The molecule has 0 unspecified atom stereocenters. The van der Waals surface area contributed by atoms with Crippen molar-refractivity contribution in [2.24, 2.45) is 5.92 Å². The lowest BCUT2D eigenvalue weighted by molar-refractivity contribution is -0.140. The Morgan fingerprint density at radius 2 is 1.65 bits per heavy atom. The van der Waals surface area contributed by atoms with Gasteiger partial charge in [0, 0.05) is 44.4 Å². The molecule has 0 aromatic heterocycles. The number of hydrogen-bond acceptors (Lipinski definition) is 4. The van der Waals surface area contributed by atoms with Crippen LogP contribution in [0.15, 0.2) is 48.5 Å². The Balaban J connectivity index is 1.13. The summed E-state index contributed by atoms with van der Waals surface area (Å²) in [7, 11) is 0. The van der Waals surface area contributed by atoms with Crippen molar-refractivity contribution in [1.82, 2.24) is 9.80 Å². The van der Waals surface area contributed by atoms with E-state index in [1.807, 2.05) is 34.1 Å². The number of Topliss-reactive ketones (excluding diaryl/α,β-unsaturated/α-hetero) is 1. The Labute approximate surface area is 180 Å². The second-order valence-electron chi connectivity index (χ2n) is 8.60. The monoisotopic (exact) mass is 424 g/mol. The fourth-order valence-corrected chi connectivity index (χ4v) is 4.64. The van der Waals surface area contributed by atoms with Crippen molar-refractivity contribution >= 4 is 11.8 Å². The van der Waals surface area contributed by atoms with E-state index in [0.717, 1.165) is 6.42 Å². The molecule has 3 aliphatic heterocycles. The Kier molecular flexibility index (Phi) is 5.36. The Morgan fingerprint density at radius 1 is 0.968 bits per heavy atom. The van der Waals surface area contributed by atoms with Crippen LogP contribution in [-0.4, -0.2) is 60.5 Å². The van der Waals surface area contributed by atoms with Crippen LogP contribution in [0.3, 0.4) is 0 Å². The van der Waals surface area contributed by atoms with Gasteiger partial charge >= 0.3 is 6.03 Å². The second-order valence-corrected chi connectivity index (χ2v) is 8.60. The maximum absolute atomic E-state index is 13.0. The van der Waals surface area contributed by atoms with E-state index in [1.165, 1.54) is 17.7 Å². The standard InChI is InChI=1S/C24H25FN2O4/c25-19-3-7-22(8-4-19)31-21-5-1-16(2-6-21)18-13-27(14-18)24(29)26-10-9-23-17(12-26)11-20(28)15-30-23/h1-8,17-18,23H,9-15H2/t17-,23+/m1/s1. The van der Waals surface area contributed by atoms with Gasteiger partial charge in [0.15, 0.2) is 5.78 Å². The van der Waals surface area contributed by atoms with Gasteiger partial charge in [-0.05, 0) is 48.4 Å². The van der Waals surface area contributed by atoms with Crippen LogP contribution in [0.5, 0.6) is 11.5 Å². The molecule has 0 N–H and O–H groups in total. The predicted octanol–water partition coefficient (Wildman–Crippen LogP) is 3.82. The minimum atomic E-state index is -0.295. The summed E-state index contributed by atoms with van der Waals surface area (Å²) < 4.78 is 24.4. The molecule has 2 aromatic carbocycles. The van der Waals surface area contributed by atoms with Crippen molar-refractivity contribution in [1.29, 1.82) is 0 Å². The molecule has 2 atom stereocenters. The van der Waals surface area contributed by atoms with E-state index in [1.54, 1.807) is 12.1 Å². The van der Waals surface area contributed by atoms with E-state index in [2.05, 4.69) is 0 Å². The molecular formula is C24H25FN2O4. The molecule has 3 fully saturated rings. The number of ketones is 1. The normalized spacial score (nSPS) is 23.8. The average molecular weight is 424 g/mol. The molecule has 31 heavy (non-hydrogen) atoms. The first-order valence-electron chi connectivity index (χ1n) is 10.8. The van der Waals surface area contributed by atoms with Gasteiger partial charge in [0.05, 0.1) is 6.10 Å². The molecule has 2 amide bonds. The minimum absolute atomic E-state index is 0.0592. The van der Waals surface area contributed by atoms with E-state index < -0.39 is 0 Å². The van der Waals surface area contributed by atoms with Crippen molar-refractivity contribution in [2.75, 3.05) is 32.8 Å². The molecule has 0 radical (unpaired) electrons. The summed E-state index contributed by atoms with van der Waals surface area (Å²) in [6.07, 6.45) is 1.43. The van der Waals surface area contributed by atoms with E-state index in [0.29, 0.717) is 50.0 Å². The summed E-state index contributed by atoms with van der Waals surface area (Å²) in [5, 5.41) is 0. The molecule has 0 bridgehead atoms. The lowest BCUT2D eigenvalue weighted by Gasteiger charge is -2.46. The van der Waals surface area contributed by atoms with Crippen molar-refractivity contribution in [3.8, 4) is 11.5 Å². The third kappa shape index (κ3) is 4.28. The lowest BCUT2D eigenvalue weighted by atomic mass is 9.87. The van der Waals surface area contributed by atoms with Crippen LogP contribution in [0.4, 0.5) is 9.18 Å². The number of carbonyl (C=O) groups is 2. The lowest BCUT2D eigenvalue weighted by Crippen LogP contribution is -2.58. The van der Waals surface area contributed by atoms with Gasteiger partial charge in [-0.3, -0.25) is 4.79 Å². The fraction of sp³-hybridized carbons (Fsp3) is 0.417. The number of halogens is 1. The molecule has 0 saturated carbocycles. The summed E-state index contributed by atoms with van der Waals surface area (Å²) in [6, 6.07) is 13.8. The number of amides is 2. The summed E-state index contributed by atoms with van der Waals surface area (Å²) in [5.41, 5.74) is 1.17.